The van der Waals surface area contributed by atoms with Gasteiger partial charge in [-0.25, -0.2) is 9.97 Å². The molecule has 0 unspecified atom stereocenters. The zero-order valence-electron chi connectivity index (χ0n) is 8.34. The first-order valence-corrected chi connectivity index (χ1v) is 6.08. The summed E-state index contributed by atoms with van der Waals surface area (Å²) in [6.45, 7) is 1.90. The molecule has 1 aromatic heterocycles. The van der Waals surface area contributed by atoms with Crippen molar-refractivity contribution in [3.8, 4) is 11.4 Å². The summed E-state index contributed by atoms with van der Waals surface area (Å²) in [6.07, 6.45) is 0. The van der Waals surface area contributed by atoms with Crippen molar-refractivity contribution in [1.82, 2.24) is 9.97 Å². The molecule has 0 saturated heterocycles. The van der Waals surface area contributed by atoms with Crippen LogP contribution in [0.1, 0.15) is 5.69 Å². The van der Waals surface area contributed by atoms with E-state index in [2.05, 4.69) is 25.9 Å². The van der Waals surface area contributed by atoms with Crippen LogP contribution >= 0.6 is 39.1 Å². The van der Waals surface area contributed by atoms with E-state index in [1.807, 2.05) is 13.0 Å². The molecule has 0 aliphatic carbocycles. The van der Waals surface area contributed by atoms with Crippen molar-refractivity contribution in [1.29, 1.82) is 0 Å². The molecule has 0 atom stereocenters. The minimum atomic E-state index is 0.569. The van der Waals surface area contributed by atoms with Gasteiger partial charge < -0.3 is 0 Å². The molecular weight excluding hydrogens is 311 g/mol. The normalized spacial score (nSPS) is 10.5. The first kappa shape index (κ1) is 11.8. The Labute approximate surface area is 112 Å². The van der Waals surface area contributed by atoms with Gasteiger partial charge in [0.1, 0.15) is 4.60 Å². The highest BCUT2D eigenvalue weighted by atomic mass is 79.9. The first-order valence-electron chi connectivity index (χ1n) is 4.53. The standard InChI is InChI=1S/C11H7BrCl2N2/c1-6-4-10(12)16-11(15-6)8-5-7(13)2-3-9(8)14/h2-5H,1H3. The maximum Gasteiger partial charge on any atom is 0.162 e. The van der Waals surface area contributed by atoms with Crippen LogP contribution in [0.5, 0.6) is 0 Å². The lowest BCUT2D eigenvalue weighted by Gasteiger charge is -2.05. The predicted octanol–water partition coefficient (Wildman–Crippen LogP) is 4.52. The van der Waals surface area contributed by atoms with Gasteiger partial charge in [0.25, 0.3) is 0 Å². The summed E-state index contributed by atoms with van der Waals surface area (Å²) < 4.78 is 0.728. The Bertz CT molecular complexity index is 523. The van der Waals surface area contributed by atoms with E-state index in [-0.39, 0.29) is 0 Å². The molecule has 0 aliphatic heterocycles. The van der Waals surface area contributed by atoms with Gasteiger partial charge in [0.15, 0.2) is 5.82 Å². The van der Waals surface area contributed by atoms with Crippen LogP contribution in [0, 0.1) is 6.92 Å². The van der Waals surface area contributed by atoms with Gasteiger partial charge in [0, 0.05) is 16.3 Å². The van der Waals surface area contributed by atoms with Gasteiger partial charge in [-0.15, -0.1) is 0 Å². The van der Waals surface area contributed by atoms with Crippen molar-refractivity contribution in [2.45, 2.75) is 6.92 Å². The van der Waals surface area contributed by atoms with Crippen molar-refractivity contribution >= 4 is 39.1 Å². The molecule has 0 aliphatic rings. The third-order valence-corrected chi connectivity index (χ3v) is 2.96. The SMILES string of the molecule is Cc1cc(Br)nc(-c2cc(Cl)ccc2Cl)n1. The molecule has 82 valence electrons. The molecule has 0 amide bonds. The summed E-state index contributed by atoms with van der Waals surface area (Å²) in [7, 11) is 0. The molecule has 0 fully saturated rings. The van der Waals surface area contributed by atoms with Crippen LogP contribution in [0.2, 0.25) is 10.0 Å². The number of benzene rings is 1. The van der Waals surface area contributed by atoms with E-state index in [0.717, 1.165) is 15.9 Å². The lowest BCUT2D eigenvalue weighted by atomic mass is 10.2. The molecule has 1 aromatic carbocycles. The minimum absolute atomic E-state index is 0.569. The Morgan fingerprint density at radius 3 is 2.56 bits per heavy atom. The summed E-state index contributed by atoms with van der Waals surface area (Å²) in [5.41, 5.74) is 1.60. The number of aryl methyl sites for hydroxylation is 1. The van der Waals surface area contributed by atoms with Gasteiger partial charge in [-0.05, 0) is 47.1 Å². The number of hydrogen-bond acceptors (Lipinski definition) is 2. The van der Waals surface area contributed by atoms with Gasteiger partial charge in [-0.3, -0.25) is 0 Å². The highest BCUT2D eigenvalue weighted by Crippen LogP contribution is 2.29. The van der Waals surface area contributed by atoms with E-state index in [1.165, 1.54) is 0 Å². The van der Waals surface area contributed by atoms with E-state index in [0.29, 0.717) is 15.9 Å². The lowest BCUT2D eigenvalue weighted by molar-refractivity contribution is 1.09. The third-order valence-electron chi connectivity index (χ3n) is 1.99. The molecule has 2 rings (SSSR count). The highest BCUT2D eigenvalue weighted by Gasteiger charge is 2.08. The Balaban J connectivity index is 2.62. The van der Waals surface area contributed by atoms with Gasteiger partial charge >= 0.3 is 0 Å². The molecule has 16 heavy (non-hydrogen) atoms. The Hall–Kier alpha value is -0.640. The average molecular weight is 318 g/mol. The second-order valence-corrected chi connectivity index (χ2v) is 4.94. The fraction of sp³-hybridized carbons (Fsp3) is 0.0909. The van der Waals surface area contributed by atoms with E-state index >= 15 is 0 Å². The van der Waals surface area contributed by atoms with Crippen LogP contribution in [-0.2, 0) is 0 Å². The maximum atomic E-state index is 6.08. The topological polar surface area (TPSA) is 25.8 Å². The van der Waals surface area contributed by atoms with Gasteiger partial charge in [0.05, 0.1) is 5.02 Å². The summed E-state index contributed by atoms with van der Waals surface area (Å²) in [5.74, 6) is 0.569. The smallest absolute Gasteiger partial charge is 0.162 e. The molecular formula is C11H7BrCl2N2. The maximum absolute atomic E-state index is 6.08. The molecule has 0 bridgehead atoms. The monoisotopic (exact) mass is 316 g/mol. The zero-order chi connectivity index (χ0) is 11.7. The van der Waals surface area contributed by atoms with E-state index in [4.69, 9.17) is 23.2 Å². The van der Waals surface area contributed by atoms with Gasteiger partial charge in [-0.2, -0.15) is 0 Å². The molecule has 5 heteroatoms. The van der Waals surface area contributed by atoms with Crippen molar-refractivity contribution in [3.63, 3.8) is 0 Å². The molecule has 1 heterocycles. The Kier molecular flexibility index (Phi) is 3.47. The fourth-order valence-electron chi connectivity index (χ4n) is 1.32. The van der Waals surface area contributed by atoms with Gasteiger partial charge in [0.2, 0.25) is 0 Å². The summed E-state index contributed by atoms with van der Waals surface area (Å²) >= 11 is 15.3. The molecule has 0 saturated carbocycles. The van der Waals surface area contributed by atoms with Crippen molar-refractivity contribution in [2.75, 3.05) is 0 Å². The molecule has 0 spiro atoms. The number of halogens is 3. The second-order valence-electron chi connectivity index (χ2n) is 3.28. The largest absolute Gasteiger partial charge is 0.233 e. The van der Waals surface area contributed by atoms with Crippen LogP contribution in [0.15, 0.2) is 28.9 Å². The number of rotatable bonds is 1. The number of hydrogen-bond donors (Lipinski definition) is 0. The third kappa shape index (κ3) is 2.54. The average Bonchev–Trinajstić information content (AvgIpc) is 2.20. The van der Waals surface area contributed by atoms with Gasteiger partial charge in [-0.1, -0.05) is 23.2 Å². The first-order chi connectivity index (χ1) is 7.56. The quantitative estimate of drug-likeness (QED) is 0.723. The summed E-state index contributed by atoms with van der Waals surface area (Å²) in [5, 5.41) is 1.20. The fourth-order valence-corrected chi connectivity index (χ4v) is 2.19. The van der Waals surface area contributed by atoms with E-state index < -0.39 is 0 Å². The van der Waals surface area contributed by atoms with Crippen molar-refractivity contribution in [3.05, 3.63) is 44.6 Å². The number of nitrogens with zero attached hydrogens (tertiary/aromatic N) is 2. The van der Waals surface area contributed by atoms with Crippen LogP contribution in [-0.4, -0.2) is 9.97 Å². The second kappa shape index (κ2) is 4.70. The number of aromatic nitrogens is 2. The van der Waals surface area contributed by atoms with Crippen LogP contribution < -0.4 is 0 Å². The van der Waals surface area contributed by atoms with E-state index in [1.54, 1.807) is 18.2 Å². The van der Waals surface area contributed by atoms with Crippen molar-refractivity contribution < 1.29 is 0 Å². The van der Waals surface area contributed by atoms with Crippen LogP contribution in [0.4, 0.5) is 0 Å². The van der Waals surface area contributed by atoms with Crippen LogP contribution in [0.25, 0.3) is 11.4 Å². The zero-order valence-corrected chi connectivity index (χ0v) is 11.4. The molecule has 2 aromatic rings. The summed E-state index contributed by atoms with van der Waals surface area (Å²) in [6, 6.07) is 7.06. The van der Waals surface area contributed by atoms with Crippen LogP contribution in [0.3, 0.4) is 0 Å². The van der Waals surface area contributed by atoms with E-state index in [9.17, 15) is 0 Å². The van der Waals surface area contributed by atoms with Crippen molar-refractivity contribution in [2.24, 2.45) is 0 Å². The Morgan fingerprint density at radius 1 is 1.12 bits per heavy atom. The molecule has 0 radical (unpaired) electrons. The molecule has 0 N–H and O–H groups in total. The minimum Gasteiger partial charge on any atom is -0.233 e. The lowest BCUT2D eigenvalue weighted by Crippen LogP contribution is -1.93. The summed E-state index contributed by atoms with van der Waals surface area (Å²) in [4.78, 5) is 8.59. The molecule has 2 nitrogen and oxygen atoms in total. The Morgan fingerprint density at radius 2 is 1.88 bits per heavy atom. The predicted molar refractivity (Wildman–Crippen MR) is 69.9 cm³/mol. The highest BCUT2D eigenvalue weighted by molar-refractivity contribution is 9.10.